The normalized spacial score (nSPS) is 18.6. The molecule has 0 radical (unpaired) electrons. The van der Waals surface area contributed by atoms with Crippen molar-refractivity contribution in [2.45, 2.75) is 42.9 Å². The number of aryl methyl sites for hydroxylation is 2. The standard InChI is InChI=1S/C30H31ClO9S2/c1-21-4-12-25(13-5-21)41(34,35)39-19-29(20-40-42(36,37)26-14-6-22(2)7-15-26)16-17-30(27(29)32,28(33)38-3)18-23-8-10-24(31)11-9-23/h4-15H,16-20H2,1-3H3. The molecule has 0 aromatic heterocycles. The summed E-state index contributed by atoms with van der Waals surface area (Å²) in [6.07, 6.45) is -0.225. The molecule has 4 rings (SSSR count). The lowest BCUT2D eigenvalue weighted by Crippen LogP contribution is -2.47. The molecule has 0 spiro atoms. The van der Waals surface area contributed by atoms with Crippen molar-refractivity contribution in [3.63, 3.8) is 0 Å². The maximum absolute atomic E-state index is 14.3. The monoisotopic (exact) mass is 634 g/mol. The van der Waals surface area contributed by atoms with Crippen LogP contribution in [0.1, 0.15) is 29.5 Å². The molecule has 0 saturated heterocycles. The van der Waals surface area contributed by atoms with Crippen LogP contribution in [-0.4, -0.2) is 48.9 Å². The Morgan fingerprint density at radius 2 is 1.21 bits per heavy atom. The quantitative estimate of drug-likeness (QED) is 0.166. The zero-order chi connectivity index (χ0) is 30.8. The van der Waals surface area contributed by atoms with Crippen LogP contribution < -0.4 is 0 Å². The van der Waals surface area contributed by atoms with Gasteiger partial charge in [-0.1, -0.05) is 59.1 Å². The first-order valence-electron chi connectivity index (χ1n) is 13.0. The number of Topliss-reactive ketones (excluding diaryl/α,β-unsaturated/α-hetero) is 1. The Balaban J connectivity index is 1.71. The molecule has 1 aliphatic carbocycles. The lowest BCUT2D eigenvalue weighted by Gasteiger charge is -2.30. The molecule has 0 aliphatic heterocycles. The predicted octanol–water partition coefficient (Wildman–Crippen LogP) is 4.82. The van der Waals surface area contributed by atoms with Crippen molar-refractivity contribution < 1.29 is 39.5 Å². The van der Waals surface area contributed by atoms with Crippen LogP contribution in [-0.2, 0) is 49.3 Å². The van der Waals surface area contributed by atoms with E-state index in [0.717, 1.165) is 18.2 Å². The number of halogens is 1. The highest BCUT2D eigenvalue weighted by atomic mass is 35.5. The van der Waals surface area contributed by atoms with Crippen molar-refractivity contribution in [2.24, 2.45) is 10.8 Å². The van der Waals surface area contributed by atoms with Gasteiger partial charge in [-0.2, -0.15) is 16.8 Å². The fraction of sp³-hybridized carbons (Fsp3) is 0.333. The van der Waals surface area contributed by atoms with Crippen LogP contribution in [0.5, 0.6) is 0 Å². The van der Waals surface area contributed by atoms with E-state index in [9.17, 15) is 26.4 Å². The van der Waals surface area contributed by atoms with Gasteiger partial charge < -0.3 is 4.74 Å². The van der Waals surface area contributed by atoms with Gasteiger partial charge in [-0.3, -0.25) is 18.0 Å². The van der Waals surface area contributed by atoms with Gasteiger partial charge in [-0.05, 0) is 75.1 Å². The highest BCUT2D eigenvalue weighted by molar-refractivity contribution is 7.87. The SMILES string of the molecule is COC(=O)C1(Cc2ccc(Cl)cc2)CCC(COS(=O)(=O)c2ccc(C)cc2)(COS(=O)(=O)c2ccc(C)cc2)C1=O. The molecule has 0 amide bonds. The molecule has 3 aromatic rings. The Bertz CT molecular complexity index is 1590. The minimum absolute atomic E-state index is 0.0526. The Morgan fingerprint density at radius 1 is 0.762 bits per heavy atom. The van der Waals surface area contributed by atoms with E-state index in [0.29, 0.717) is 10.6 Å². The molecule has 42 heavy (non-hydrogen) atoms. The molecular weight excluding hydrogens is 604 g/mol. The summed E-state index contributed by atoms with van der Waals surface area (Å²) in [5.41, 5.74) is -1.28. The summed E-state index contributed by atoms with van der Waals surface area (Å²) in [5, 5.41) is 0.461. The topological polar surface area (TPSA) is 130 Å². The minimum Gasteiger partial charge on any atom is -0.468 e. The molecule has 224 valence electrons. The fourth-order valence-corrected chi connectivity index (χ4v) is 7.11. The van der Waals surface area contributed by atoms with Gasteiger partial charge in [-0.25, -0.2) is 0 Å². The second-order valence-corrected chi connectivity index (χ2v) is 14.2. The fourth-order valence-electron chi connectivity index (χ4n) is 5.01. The van der Waals surface area contributed by atoms with E-state index in [4.69, 9.17) is 24.7 Å². The molecule has 0 heterocycles. The Labute approximate surface area is 251 Å². The van der Waals surface area contributed by atoms with Crippen molar-refractivity contribution in [1.82, 2.24) is 0 Å². The lowest BCUT2D eigenvalue weighted by atomic mass is 9.75. The van der Waals surface area contributed by atoms with Gasteiger partial charge in [0.15, 0.2) is 5.78 Å². The smallest absolute Gasteiger partial charge is 0.319 e. The third-order valence-electron chi connectivity index (χ3n) is 7.54. The molecule has 0 N–H and O–H groups in total. The Hall–Kier alpha value is -3.09. The summed E-state index contributed by atoms with van der Waals surface area (Å²) in [6.45, 7) is 2.10. The maximum Gasteiger partial charge on any atom is 0.319 e. The summed E-state index contributed by atoms with van der Waals surface area (Å²) in [4.78, 5) is 27.3. The van der Waals surface area contributed by atoms with E-state index in [-0.39, 0.29) is 29.1 Å². The molecule has 1 atom stereocenters. The van der Waals surface area contributed by atoms with E-state index in [1.807, 2.05) is 0 Å². The first kappa shape index (κ1) is 31.8. The summed E-state index contributed by atoms with van der Waals surface area (Å²) in [5.74, 6) is -1.55. The molecule has 0 bridgehead atoms. The van der Waals surface area contributed by atoms with Gasteiger partial charge in [0, 0.05) is 5.02 Å². The number of carbonyl (C=O) groups excluding carboxylic acids is 2. The summed E-state index contributed by atoms with van der Waals surface area (Å²) >= 11 is 6.01. The third-order valence-corrected chi connectivity index (χ3v) is 10.3. The van der Waals surface area contributed by atoms with E-state index in [1.54, 1.807) is 62.4 Å². The zero-order valence-electron chi connectivity index (χ0n) is 23.3. The number of esters is 1. The van der Waals surface area contributed by atoms with Crippen molar-refractivity contribution in [3.05, 3.63) is 94.5 Å². The predicted molar refractivity (Wildman–Crippen MR) is 155 cm³/mol. The van der Waals surface area contributed by atoms with Gasteiger partial charge in [0.25, 0.3) is 20.2 Å². The van der Waals surface area contributed by atoms with Gasteiger partial charge in [0.05, 0.1) is 35.5 Å². The first-order valence-corrected chi connectivity index (χ1v) is 16.2. The second kappa shape index (κ2) is 12.3. The zero-order valence-corrected chi connectivity index (χ0v) is 25.7. The van der Waals surface area contributed by atoms with Crippen molar-refractivity contribution >= 4 is 43.6 Å². The average molecular weight is 635 g/mol. The molecule has 1 saturated carbocycles. The highest BCUT2D eigenvalue weighted by Crippen LogP contribution is 2.50. The Morgan fingerprint density at radius 3 is 1.64 bits per heavy atom. The average Bonchev–Trinajstić information content (AvgIpc) is 3.24. The number of benzene rings is 3. The van der Waals surface area contributed by atoms with Gasteiger partial charge in [0.2, 0.25) is 0 Å². The highest BCUT2D eigenvalue weighted by Gasteiger charge is 2.62. The molecule has 12 heteroatoms. The number of hydrogen-bond donors (Lipinski definition) is 0. The van der Waals surface area contributed by atoms with Crippen LogP contribution in [0.15, 0.2) is 82.6 Å². The van der Waals surface area contributed by atoms with Crippen molar-refractivity contribution in [1.29, 1.82) is 0 Å². The second-order valence-electron chi connectivity index (χ2n) is 10.5. The number of carbonyl (C=O) groups is 2. The van der Waals surface area contributed by atoms with E-state index in [2.05, 4.69) is 0 Å². The molecule has 1 unspecified atom stereocenters. The van der Waals surface area contributed by atoms with Crippen LogP contribution in [0, 0.1) is 24.7 Å². The first-order chi connectivity index (χ1) is 19.7. The van der Waals surface area contributed by atoms with Gasteiger partial charge in [-0.15, -0.1) is 0 Å². The number of rotatable bonds is 11. The molecule has 1 fully saturated rings. The number of ether oxygens (including phenoxy) is 1. The van der Waals surface area contributed by atoms with Crippen LogP contribution in [0.2, 0.25) is 5.02 Å². The van der Waals surface area contributed by atoms with Crippen LogP contribution in [0.25, 0.3) is 0 Å². The van der Waals surface area contributed by atoms with Crippen molar-refractivity contribution in [2.75, 3.05) is 20.3 Å². The van der Waals surface area contributed by atoms with Crippen molar-refractivity contribution in [3.8, 4) is 0 Å². The lowest BCUT2D eigenvalue weighted by molar-refractivity contribution is -0.159. The van der Waals surface area contributed by atoms with E-state index >= 15 is 0 Å². The largest absolute Gasteiger partial charge is 0.468 e. The maximum atomic E-state index is 14.3. The number of hydrogen-bond acceptors (Lipinski definition) is 9. The summed E-state index contributed by atoms with van der Waals surface area (Å²) < 4.78 is 68.1. The van der Waals surface area contributed by atoms with Gasteiger partial charge >= 0.3 is 5.97 Å². The number of methoxy groups -OCH3 is 1. The van der Waals surface area contributed by atoms with E-state index in [1.165, 1.54) is 24.3 Å². The Kier molecular flexibility index (Phi) is 9.29. The van der Waals surface area contributed by atoms with Crippen LogP contribution >= 0.6 is 11.6 Å². The molecular formula is C30H31ClO9S2. The third kappa shape index (κ3) is 6.60. The summed E-state index contributed by atoms with van der Waals surface area (Å²) in [6, 6.07) is 18.4. The molecule has 1 aliphatic rings. The summed E-state index contributed by atoms with van der Waals surface area (Å²) in [7, 11) is -7.55. The van der Waals surface area contributed by atoms with Crippen LogP contribution in [0.4, 0.5) is 0 Å². The molecule has 3 aromatic carbocycles. The van der Waals surface area contributed by atoms with E-state index < -0.39 is 56.0 Å². The van der Waals surface area contributed by atoms with Crippen LogP contribution in [0.3, 0.4) is 0 Å². The minimum atomic E-state index is -4.35. The number of ketones is 1. The van der Waals surface area contributed by atoms with Gasteiger partial charge in [0.1, 0.15) is 5.41 Å². The molecule has 9 nitrogen and oxygen atoms in total.